The molecule has 3 heteroatoms. The number of likely N-dealkylation sites (tertiary alicyclic amines) is 1. The lowest BCUT2D eigenvalue weighted by Gasteiger charge is -2.35. The minimum Gasteiger partial charge on any atom is -0.373 e. The van der Waals surface area contributed by atoms with Crippen molar-refractivity contribution in [1.82, 2.24) is 10.2 Å². The first-order valence-electron chi connectivity index (χ1n) is 8.88. The van der Waals surface area contributed by atoms with Crippen LogP contribution >= 0.6 is 0 Å². The first kappa shape index (κ1) is 16.0. The molecule has 0 radical (unpaired) electrons. The van der Waals surface area contributed by atoms with Crippen LogP contribution in [0.3, 0.4) is 0 Å². The fourth-order valence-corrected chi connectivity index (χ4v) is 3.79. The van der Waals surface area contributed by atoms with E-state index >= 15 is 0 Å². The molecule has 0 saturated carbocycles. The zero-order valence-electron chi connectivity index (χ0n) is 14.0. The summed E-state index contributed by atoms with van der Waals surface area (Å²) in [5, 5.41) is 3.82. The Labute approximate surface area is 135 Å². The van der Waals surface area contributed by atoms with E-state index in [2.05, 4.69) is 54.4 Å². The minimum absolute atomic E-state index is 0.282. The molecule has 2 aliphatic rings. The van der Waals surface area contributed by atoms with Crippen LogP contribution in [-0.2, 0) is 4.74 Å². The first-order valence-corrected chi connectivity index (χ1v) is 8.88. The molecule has 1 aromatic carbocycles. The second-order valence-electron chi connectivity index (χ2n) is 7.06. The van der Waals surface area contributed by atoms with Gasteiger partial charge in [0, 0.05) is 31.2 Å². The summed E-state index contributed by atoms with van der Waals surface area (Å²) >= 11 is 0. The van der Waals surface area contributed by atoms with Gasteiger partial charge in [-0.1, -0.05) is 30.3 Å². The van der Waals surface area contributed by atoms with E-state index < -0.39 is 0 Å². The van der Waals surface area contributed by atoms with E-state index in [9.17, 15) is 0 Å². The summed E-state index contributed by atoms with van der Waals surface area (Å²) in [6.07, 6.45) is 4.02. The molecule has 0 aromatic heterocycles. The number of benzene rings is 1. The van der Waals surface area contributed by atoms with Gasteiger partial charge in [-0.2, -0.15) is 0 Å². The molecule has 2 atom stereocenters. The molecule has 3 nitrogen and oxygen atoms in total. The fourth-order valence-electron chi connectivity index (χ4n) is 3.79. The molecule has 2 saturated heterocycles. The van der Waals surface area contributed by atoms with E-state index in [1.165, 1.54) is 37.9 Å². The van der Waals surface area contributed by atoms with E-state index in [-0.39, 0.29) is 6.10 Å². The average Bonchev–Trinajstić information content (AvgIpc) is 3.02. The van der Waals surface area contributed by atoms with Crippen molar-refractivity contribution in [3.8, 4) is 0 Å². The van der Waals surface area contributed by atoms with Crippen LogP contribution in [0.25, 0.3) is 0 Å². The second kappa shape index (κ2) is 7.58. The Hall–Kier alpha value is -0.900. The Balaban J connectivity index is 1.47. The molecule has 122 valence electrons. The smallest absolute Gasteiger partial charge is 0.0866 e. The third-order valence-corrected chi connectivity index (χ3v) is 5.27. The van der Waals surface area contributed by atoms with Gasteiger partial charge in [0.15, 0.2) is 0 Å². The summed E-state index contributed by atoms with van der Waals surface area (Å²) in [6.45, 7) is 9.06. The summed E-state index contributed by atoms with van der Waals surface area (Å²) < 4.78 is 5.99. The lowest BCUT2D eigenvalue weighted by atomic mass is 9.94. The number of hydrogen-bond donors (Lipinski definition) is 1. The molecule has 22 heavy (non-hydrogen) atoms. The Morgan fingerprint density at radius 1 is 1.14 bits per heavy atom. The average molecular weight is 302 g/mol. The van der Waals surface area contributed by atoms with Crippen molar-refractivity contribution in [1.29, 1.82) is 0 Å². The molecule has 1 N–H and O–H groups in total. The van der Waals surface area contributed by atoms with E-state index in [4.69, 9.17) is 4.74 Å². The van der Waals surface area contributed by atoms with Crippen molar-refractivity contribution in [3.63, 3.8) is 0 Å². The van der Waals surface area contributed by atoms with E-state index in [1.807, 2.05) is 0 Å². The largest absolute Gasteiger partial charge is 0.373 e. The normalized spacial score (nSPS) is 27.6. The number of ether oxygens (including phenoxy) is 1. The fraction of sp³-hybridized carbons (Fsp3) is 0.684. The summed E-state index contributed by atoms with van der Waals surface area (Å²) in [5.41, 5.74) is 1.33. The highest BCUT2D eigenvalue weighted by Gasteiger charge is 2.30. The van der Waals surface area contributed by atoms with E-state index in [0.717, 1.165) is 13.2 Å². The van der Waals surface area contributed by atoms with Crippen molar-refractivity contribution in [2.75, 3.05) is 26.2 Å². The van der Waals surface area contributed by atoms with Crippen molar-refractivity contribution >= 4 is 0 Å². The summed E-state index contributed by atoms with van der Waals surface area (Å²) in [5.74, 6) is 0.616. The zero-order chi connectivity index (χ0) is 15.4. The lowest BCUT2D eigenvalue weighted by molar-refractivity contribution is 0.0880. The van der Waals surface area contributed by atoms with Crippen molar-refractivity contribution < 1.29 is 4.74 Å². The van der Waals surface area contributed by atoms with Gasteiger partial charge in [0.1, 0.15) is 0 Å². The number of piperidine rings is 1. The highest BCUT2D eigenvalue weighted by atomic mass is 16.5. The van der Waals surface area contributed by atoms with Gasteiger partial charge in [0.05, 0.1) is 6.10 Å². The van der Waals surface area contributed by atoms with Crippen LogP contribution in [-0.4, -0.2) is 43.2 Å². The number of nitrogens with one attached hydrogen (secondary N) is 1. The van der Waals surface area contributed by atoms with Gasteiger partial charge in [-0.05, 0) is 51.8 Å². The third kappa shape index (κ3) is 3.89. The van der Waals surface area contributed by atoms with Crippen LogP contribution in [0, 0.1) is 5.92 Å². The van der Waals surface area contributed by atoms with Gasteiger partial charge in [-0.25, -0.2) is 0 Å². The van der Waals surface area contributed by atoms with Crippen molar-refractivity contribution in [2.45, 2.75) is 51.3 Å². The van der Waals surface area contributed by atoms with E-state index in [1.54, 1.807) is 0 Å². The molecule has 0 unspecified atom stereocenters. The van der Waals surface area contributed by atoms with E-state index in [0.29, 0.717) is 18.0 Å². The van der Waals surface area contributed by atoms with Gasteiger partial charge in [0.25, 0.3) is 0 Å². The lowest BCUT2D eigenvalue weighted by Crippen LogP contribution is -2.46. The monoisotopic (exact) mass is 302 g/mol. The maximum Gasteiger partial charge on any atom is 0.0866 e. The minimum atomic E-state index is 0.282. The van der Waals surface area contributed by atoms with Crippen LogP contribution in [0.1, 0.15) is 44.8 Å². The molecule has 3 rings (SSSR count). The van der Waals surface area contributed by atoms with Gasteiger partial charge < -0.3 is 15.0 Å². The third-order valence-electron chi connectivity index (χ3n) is 5.27. The second-order valence-corrected chi connectivity index (χ2v) is 7.06. The van der Waals surface area contributed by atoms with Gasteiger partial charge in [0.2, 0.25) is 0 Å². The Morgan fingerprint density at radius 3 is 2.55 bits per heavy atom. The maximum atomic E-state index is 5.99. The Bertz CT molecular complexity index is 440. The Kier molecular flexibility index (Phi) is 5.51. The van der Waals surface area contributed by atoms with Crippen molar-refractivity contribution in [3.05, 3.63) is 35.9 Å². The van der Waals surface area contributed by atoms with Crippen LogP contribution in [0.4, 0.5) is 0 Å². The SMILES string of the molecule is CC(C)N1CCC(NC[C@@H]2CCO[C@H]2c2ccccc2)CC1. The predicted molar refractivity (Wildman–Crippen MR) is 91.0 cm³/mol. The van der Waals surface area contributed by atoms with Crippen LogP contribution in [0.5, 0.6) is 0 Å². The maximum absolute atomic E-state index is 5.99. The molecule has 2 fully saturated rings. The molecule has 0 bridgehead atoms. The summed E-state index contributed by atoms with van der Waals surface area (Å²) in [6, 6.07) is 12.1. The molecule has 2 aliphatic heterocycles. The number of hydrogen-bond acceptors (Lipinski definition) is 3. The molecular formula is C19H30N2O. The highest BCUT2D eigenvalue weighted by molar-refractivity contribution is 5.19. The Morgan fingerprint density at radius 2 is 1.86 bits per heavy atom. The molecule has 0 aliphatic carbocycles. The molecule has 1 aromatic rings. The standard InChI is InChI=1S/C19H30N2O/c1-15(2)21-11-8-18(9-12-21)20-14-17-10-13-22-19(17)16-6-4-3-5-7-16/h3-7,15,17-20H,8-14H2,1-2H3/t17-,19-/m0/s1. The summed E-state index contributed by atoms with van der Waals surface area (Å²) in [4.78, 5) is 2.59. The molecule has 0 amide bonds. The molecule has 2 heterocycles. The molecular weight excluding hydrogens is 272 g/mol. The highest BCUT2D eigenvalue weighted by Crippen LogP contribution is 2.34. The van der Waals surface area contributed by atoms with Crippen LogP contribution in [0.2, 0.25) is 0 Å². The number of rotatable bonds is 5. The predicted octanol–water partition coefficient (Wildman–Crippen LogP) is 3.23. The van der Waals surface area contributed by atoms with Crippen molar-refractivity contribution in [2.24, 2.45) is 5.92 Å². The van der Waals surface area contributed by atoms with Gasteiger partial charge in [-0.3, -0.25) is 0 Å². The number of nitrogens with zero attached hydrogens (tertiary/aromatic N) is 1. The zero-order valence-corrected chi connectivity index (χ0v) is 14.0. The van der Waals surface area contributed by atoms with Gasteiger partial charge in [-0.15, -0.1) is 0 Å². The summed E-state index contributed by atoms with van der Waals surface area (Å²) in [7, 11) is 0. The molecule has 0 spiro atoms. The van der Waals surface area contributed by atoms with Gasteiger partial charge >= 0.3 is 0 Å². The quantitative estimate of drug-likeness (QED) is 0.904. The van der Waals surface area contributed by atoms with Crippen LogP contribution in [0.15, 0.2) is 30.3 Å². The first-order chi connectivity index (χ1) is 10.7. The topological polar surface area (TPSA) is 24.5 Å². The van der Waals surface area contributed by atoms with Crippen LogP contribution < -0.4 is 5.32 Å².